The number of allylic oxidation sites excluding steroid dienone is 10. The average Bonchev–Trinajstić information content (AvgIpc) is 3.40. The van der Waals surface area contributed by atoms with Crippen molar-refractivity contribution in [3.05, 3.63) is 60.8 Å². The maximum Gasteiger partial charge on any atom is 0.306 e. The van der Waals surface area contributed by atoms with Crippen molar-refractivity contribution in [1.29, 1.82) is 0 Å². The molecule has 0 aromatic carbocycles. The van der Waals surface area contributed by atoms with Gasteiger partial charge in [-0.1, -0.05) is 267 Å². The molecule has 0 amide bonds. The van der Waals surface area contributed by atoms with Crippen LogP contribution in [0.25, 0.3) is 0 Å². The zero-order valence-corrected chi connectivity index (χ0v) is 51.1. The van der Waals surface area contributed by atoms with Gasteiger partial charge in [0.05, 0.1) is 40.3 Å². The summed E-state index contributed by atoms with van der Waals surface area (Å²) in [5, 5.41) is 11.8. The lowest BCUT2D eigenvalue weighted by atomic mass is 10.0. The van der Waals surface area contributed by atoms with Crippen LogP contribution in [0.15, 0.2) is 60.8 Å². The number of aliphatic carboxylic acids is 1. The average molecular weight is 1080 g/mol. The van der Waals surface area contributed by atoms with Crippen molar-refractivity contribution in [3.63, 3.8) is 0 Å². The number of esters is 2. The van der Waals surface area contributed by atoms with Crippen LogP contribution in [-0.2, 0) is 33.3 Å². The van der Waals surface area contributed by atoms with Crippen LogP contribution in [0.5, 0.6) is 0 Å². The van der Waals surface area contributed by atoms with Crippen LogP contribution in [0.3, 0.4) is 0 Å². The number of hydrogen-bond acceptors (Lipinski definition) is 8. The molecule has 0 aliphatic carbocycles. The summed E-state index contributed by atoms with van der Waals surface area (Å²) < 4.78 is 22.6. The van der Waals surface area contributed by atoms with E-state index in [2.05, 4.69) is 74.6 Å². The molecule has 448 valence electrons. The highest BCUT2D eigenvalue weighted by atomic mass is 16.7. The molecule has 0 rings (SSSR count). The van der Waals surface area contributed by atoms with Crippen LogP contribution in [-0.4, -0.2) is 82.3 Å². The molecule has 9 nitrogen and oxygen atoms in total. The Balaban J connectivity index is 3.91. The minimum atomic E-state index is -1.63. The second-order valence-electron chi connectivity index (χ2n) is 23.0. The van der Waals surface area contributed by atoms with Gasteiger partial charge in [-0.3, -0.25) is 9.59 Å². The number of hydrogen-bond donors (Lipinski definition) is 0. The lowest BCUT2D eigenvalue weighted by Crippen LogP contribution is -2.44. The fourth-order valence-corrected chi connectivity index (χ4v) is 9.29. The van der Waals surface area contributed by atoms with Crippen molar-refractivity contribution in [2.24, 2.45) is 0 Å². The molecule has 0 aromatic heterocycles. The Morgan fingerprint density at radius 1 is 0.403 bits per heavy atom. The van der Waals surface area contributed by atoms with E-state index in [1.54, 1.807) is 0 Å². The molecule has 0 spiro atoms. The normalized spacial score (nSPS) is 13.1. The lowest BCUT2D eigenvalue weighted by Gasteiger charge is -2.26. The van der Waals surface area contributed by atoms with Crippen LogP contribution >= 0.6 is 0 Å². The van der Waals surface area contributed by atoms with Crippen molar-refractivity contribution in [2.45, 2.75) is 309 Å². The Bertz CT molecular complexity index is 1450. The standard InChI is InChI=1S/C68H123NO8/c1-6-8-10-12-14-16-18-20-21-22-23-24-25-26-27-28-29-30-31-32-33-34-35-36-37-38-39-40-41-42-43-44-45-47-48-50-52-54-56-58-65(70)75-62-64(63-76-68(67(72)73)74-61-60-69(3,4)5)77-66(71)59-57-55-53-51-49-46-19-17-15-13-11-9-7-2/h9,11,15,17-18,20,22-23,46,49,64,68H,6-8,10,12-14,16,19,21,24-45,47-48,50-63H2,1-5H3/b11-9-,17-15-,20-18-,23-22-,49-46-. The van der Waals surface area contributed by atoms with E-state index < -0.39 is 24.3 Å². The van der Waals surface area contributed by atoms with Gasteiger partial charge in [0.2, 0.25) is 0 Å². The fraction of sp³-hybridized carbons (Fsp3) is 0.809. The molecule has 2 atom stereocenters. The highest BCUT2D eigenvalue weighted by molar-refractivity contribution is 5.70. The van der Waals surface area contributed by atoms with Gasteiger partial charge in [0.15, 0.2) is 12.4 Å². The van der Waals surface area contributed by atoms with E-state index in [9.17, 15) is 19.5 Å². The summed E-state index contributed by atoms with van der Waals surface area (Å²) in [6.07, 6.45) is 73.4. The molecule has 0 radical (unpaired) electrons. The van der Waals surface area contributed by atoms with Crippen molar-refractivity contribution in [1.82, 2.24) is 0 Å². The molecule has 77 heavy (non-hydrogen) atoms. The number of carbonyl (C=O) groups excluding carboxylic acids is 3. The number of carboxylic acids is 1. The van der Waals surface area contributed by atoms with Crippen LogP contribution in [0.4, 0.5) is 0 Å². The molecular weight excluding hydrogens is 959 g/mol. The highest BCUT2D eigenvalue weighted by Crippen LogP contribution is 2.18. The van der Waals surface area contributed by atoms with E-state index in [1.807, 2.05) is 21.1 Å². The topological polar surface area (TPSA) is 111 Å². The Labute approximate surface area is 475 Å². The number of nitrogens with zero attached hydrogens (tertiary/aromatic N) is 1. The first kappa shape index (κ1) is 74.0. The van der Waals surface area contributed by atoms with Gasteiger partial charge in [-0.25, -0.2) is 0 Å². The number of ether oxygens (including phenoxy) is 4. The Kier molecular flexibility index (Phi) is 56.8. The second kappa shape index (κ2) is 59.1. The lowest BCUT2D eigenvalue weighted by molar-refractivity contribution is -0.870. The van der Waals surface area contributed by atoms with Crippen LogP contribution in [0.2, 0.25) is 0 Å². The van der Waals surface area contributed by atoms with Crippen molar-refractivity contribution in [2.75, 3.05) is 47.5 Å². The number of unbranched alkanes of at least 4 members (excludes halogenated alkanes) is 35. The summed E-state index contributed by atoms with van der Waals surface area (Å²) >= 11 is 0. The van der Waals surface area contributed by atoms with E-state index >= 15 is 0 Å². The molecule has 0 saturated heterocycles. The Morgan fingerprint density at radius 2 is 0.740 bits per heavy atom. The smallest absolute Gasteiger partial charge is 0.306 e. The molecule has 0 saturated carbocycles. The van der Waals surface area contributed by atoms with Gasteiger partial charge in [-0.2, -0.15) is 0 Å². The largest absolute Gasteiger partial charge is 0.545 e. The first-order valence-corrected chi connectivity index (χ1v) is 32.4. The van der Waals surface area contributed by atoms with E-state index in [0.29, 0.717) is 17.4 Å². The SMILES string of the molecule is CC/C=C\C/C=C\C/C=C\CCCCCC(=O)OC(COC(=O)CCCCCCCCCCCCCCCCCCCCCCCCCCCCC/C=C\C/C=C\CCCCCCC)COC(OCC[N+](C)(C)C)C(=O)[O-]. The number of quaternary nitrogens is 1. The number of carbonyl (C=O) groups is 3. The molecule has 0 N–H and O–H groups in total. The van der Waals surface area contributed by atoms with E-state index in [4.69, 9.17) is 18.9 Å². The monoisotopic (exact) mass is 1080 g/mol. The second-order valence-corrected chi connectivity index (χ2v) is 23.0. The van der Waals surface area contributed by atoms with Crippen LogP contribution < -0.4 is 5.11 Å². The summed E-state index contributed by atoms with van der Waals surface area (Å²) in [5.41, 5.74) is 0. The van der Waals surface area contributed by atoms with Gasteiger partial charge in [-0.05, 0) is 77.0 Å². The van der Waals surface area contributed by atoms with Crippen molar-refractivity contribution in [3.8, 4) is 0 Å². The van der Waals surface area contributed by atoms with E-state index in [-0.39, 0.29) is 38.6 Å². The van der Waals surface area contributed by atoms with Gasteiger partial charge in [0.1, 0.15) is 13.2 Å². The Hall–Kier alpha value is -3.01. The molecule has 0 aliphatic rings. The predicted octanol–water partition coefficient (Wildman–Crippen LogP) is 18.2. The van der Waals surface area contributed by atoms with Gasteiger partial charge in [-0.15, -0.1) is 0 Å². The number of carboxylic acid groups (broad SMARTS) is 1. The van der Waals surface area contributed by atoms with Crippen LogP contribution in [0.1, 0.15) is 296 Å². The molecule has 2 unspecified atom stereocenters. The predicted molar refractivity (Wildman–Crippen MR) is 325 cm³/mol. The highest BCUT2D eigenvalue weighted by Gasteiger charge is 2.22. The first-order valence-electron chi connectivity index (χ1n) is 32.4. The summed E-state index contributed by atoms with van der Waals surface area (Å²) in [6.45, 7) is 4.61. The fourth-order valence-electron chi connectivity index (χ4n) is 9.29. The van der Waals surface area contributed by atoms with Crippen molar-refractivity contribution >= 4 is 17.9 Å². The molecule has 0 heterocycles. The third kappa shape index (κ3) is 60.5. The summed E-state index contributed by atoms with van der Waals surface area (Å²) in [7, 11) is 5.91. The maximum atomic E-state index is 12.8. The van der Waals surface area contributed by atoms with Gasteiger partial charge < -0.3 is 33.3 Å². The zero-order chi connectivity index (χ0) is 56.2. The number of rotatable bonds is 60. The summed E-state index contributed by atoms with van der Waals surface area (Å²) in [6, 6.07) is 0. The van der Waals surface area contributed by atoms with Gasteiger partial charge >= 0.3 is 11.9 Å². The molecule has 0 aliphatic heterocycles. The van der Waals surface area contributed by atoms with Crippen LogP contribution in [0, 0.1) is 0 Å². The third-order valence-corrected chi connectivity index (χ3v) is 14.2. The molecule has 0 fully saturated rings. The zero-order valence-electron chi connectivity index (χ0n) is 51.1. The minimum Gasteiger partial charge on any atom is -0.545 e. The quantitative estimate of drug-likeness (QED) is 0.0195. The molecule has 9 heteroatoms. The summed E-state index contributed by atoms with van der Waals surface area (Å²) in [5.74, 6) is -2.31. The first-order chi connectivity index (χ1) is 37.6. The summed E-state index contributed by atoms with van der Waals surface area (Å²) in [4.78, 5) is 37.2. The molecular formula is C68H123NO8. The number of likely N-dealkylation sites (N-methyl/N-ethyl adjacent to an activating group) is 1. The van der Waals surface area contributed by atoms with E-state index in [1.165, 1.54) is 199 Å². The maximum absolute atomic E-state index is 12.8. The van der Waals surface area contributed by atoms with Gasteiger partial charge in [0.25, 0.3) is 0 Å². The van der Waals surface area contributed by atoms with E-state index in [0.717, 1.165) is 64.2 Å². The van der Waals surface area contributed by atoms with Gasteiger partial charge in [0, 0.05) is 12.8 Å². The van der Waals surface area contributed by atoms with Crippen molar-refractivity contribution < 1.29 is 42.9 Å². The molecule has 0 bridgehead atoms. The Morgan fingerprint density at radius 3 is 1.12 bits per heavy atom. The molecule has 0 aromatic rings. The third-order valence-electron chi connectivity index (χ3n) is 14.2. The minimum absolute atomic E-state index is 0.142.